The van der Waals surface area contributed by atoms with Crippen molar-refractivity contribution in [2.24, 2.45) is 12.8 Å². The first-order valence-electron chi connectivity index (χ1n) is 6.68. The maximum absolute atomic E-state index is 10.9. The van der Waals surface area contributed by atoms with Crippen molar-refractivity contribution in [2.45, 2.75) is 18.9 Å². The van der Waals surface area contributed by atoms with E-state index in [1.807, 2.05) is 0 Å². The van der Waals surface area contributed by atoms with Gasteiger partial charge in [-0.2, -0.15) is 5.10 Å². The monoisotopic (exact) mass is 275 g/mol. The Morgan fingerprint density at radius 2 is 2.30 bits per heavy atom. The molecule has 1 aromatic carbocycles. The third-order valence-electron chi connectivity index (χ3n) is 3.78. The van der Waals surface area contributed by atoms with E-state index in [4.69, 9.17) is 5.73 Å². The molecule has 7 heteroatoms. The van der Waals surface area contributed by atoms with Crippen molar-refractivity contribution in [3.8, 4) is 0 Å². The summed E-state index contributed by atoms with van der Waals surface area (Å²) < 4.78 is 1.69. The topological polar surface area (TPSA) is 90.2 Å². The summed E-state index contributed by atoms with van der Waals surface area (Å²) in [6.07, 6.45) is 2.08. The van der Waals surface area contributed by atoms with Gasteiger partial charge in [0.2, 0.25) is 0 Å². The number of fused-ring (bicyclic) bond motifs is 1. The van der Waals surface area contributed by atoms with E-state index in [1.165, 1.54) is 6.07 Å². The van der Waals surface area contributed by atoms with Gasteiger partial charge in [0.25, 0.3) is 5.69 Å². The largest absolute Gasteiger partial charge is 0.353 e. The van der Waals surface area contributed by atoms with Gasteiger partial charge in [0.05, 0.1) is 10.4 Å². The van der Waals surface area contributed by atoms with Crippen LogP contribution in [-0.2, 0) is 7.05 Å². The van der Waals surface area contributed by atoms with E-state index >= 15 is 0 Å². The lowest BCUT2D eigenvalue weighted by molar-refractivity contribution is -0.384. The predicted octanol–water partition coefficient (Wildman–Crippen LogP) is 1.41. The number of hydrogen-bond acceptors (Lipinski definition) is 5. The fourth-order valence-electron chi connectivity index (χ4n) is 2.78. The van der Waals surface area contributed by atoms with Crippen LogP contribution in [0, 0.1) is 10.1 Å². The van der Waals surface area contributed by atoms with Crippen molar-refractivity contribution < 1.29 is 4.92 Å². The highest BCUT2D eigenvalue weighted by Crippen LogP contribution is 2.30. The number of nitrogens with zero attached hydrogens (tertiary/aromatic N) is 4. The predicted molar refractivity (Wildman–Crippen MR) is 76.8 cm³/mol. The molecule has 7 nitrogen and oxygen atoms in total. The van der Waals surface area contributed by atoms with Crippen molar-refractivity contribution in [1.29, 1.82) is 0 Å². The van der Waals surface area contributed by atoms with Gasteiger partial charge in [-0.3, -0.25) is 14.8 Å². The van der Waals surface area contributed by atoms with Crippen LogP contribution in [-0.4, -0.2) is 33.8 Å². The fraction of sp³-hybridized carbons (Fsp3) is 0.462. The van der Waals surface area contributed by atoms with Crippen LogP contribution in [0.15, 0.2) is 18.2 Å². The summed E-state index contributed by atoms with van der Waals surface area (Å²) in [4.78, 5) is 12.6. The summed E-state index contributed by atoms with van der Waals surface area (Å²) in [7, 11) is 1.80. The first kappa shape index (κ1) is 12.9. The fourth-order valence-corrected chi connectivity index (χ4v) is 2.78. The molecule has 1 fully saturated rings. The summed E-state index contributed by atoms with van der Waals surface area (Å²) in [6, 6.07) is 5.03. The van der Waals surface area contributed by atoms with Gasteiger partial charge < -0.3 is 10.6 Å². The summed E-state index contributed by atoms with van der Waals surface area (Å²) in [5.41, 5.74) is 6.87. The molecule has 0 amide bonds. The molecule has 0 spiro atoms. The second-order valence-corrected chi connectivity index (χ2v) is 5.25. The Balaban J connectivity index is 2.06. The highest BCUT2D eigenvalue weighted by Gasteiger charge is 2.22. The van der Waals surface area contributed by atoms with Gasteiger partial charge in [0.1, 0.15) is 0 Å². The van der Waals surface area contributed by atoms with E-state index in [1.54, 1.807) is 23.9 Å². The minimum Gasteiger partial charge on any atom is -0.353 e. The Morgan fingerprint density at radius 3 is 3.00 bits per heavy atom. The van der Waals surface area contributed by atoms with Gasteiger partial charge in [-0.15, -0.1) is 0 Å². The van der Waals surface area contributed by atoms with E-state index in [0.29, 0.717) is 0 Å². The van der Waals surface area contributed by atoms with Crippen molar-refractivity contribution >= 4 is 22.4 Å². The summed E-state index contributed by atoms with van der Waals surface area (Å²) >= 11 is 0. The average molecular weight is 275 g/mol. The zero-order chi connectivity index (χ0) is 14.3. The Hall–Kier alpha value is -2.15. The van der Waals surface area contributed by atoms with Crippen LogP contribution in [0.2, 0.25) is 0 Å². The standard InChI is InChI=1S/C13H17N5O2/c1-16-12-7-10(18(19)20)4-5-11(12)13(15-16)17-6-2-3-9(14)8-17/h4-5,7,9H,2-3,6,8,14H2,1H3. The van der Waals surface area contributed by atoms with E-state index in [-0.39, 0.29) is 16.7 Å². The summed E-state index contributed by atoms with van der Waals surface area (Å²) in [6.45, 7) is 1.71. The third kappa shape index (κ3) is 2.09. The van der Waals surface area contributed by atoms with Gasteiger partial charge in [0, 0.05) is 43.7 Å². The Morgan fingerprint density at radius 1 is 1.50 bits per heavy atom. The minimum absolute atomic E-state index is 0.0856. The number of nitro benzene ring substituents is 1. The quantitative estimate of drug-likeness (QED) is 0.661. The van der Waals surface area contributed by atoms with E-state index in [2.05, 4.69) is 10.00 Å². The van der Waals surface area contributed by atoms with Crippen molar-refractivity contribution in [3.05, 3.63) is 28.3 Å². The zero-order valence-electron chi connectivity index (χ0n) is 11.3. The Kier molecular flexibility index (Phi) is 3.06. The van der Waals surface area contributed by atoms with Crippen LogP contribution in [0.3, 0.4) is 0 Å². The number of piperidine rings is 1. The smallest absolute Gasteiger partial charge is 0.271 e. The van der Waals surface area contributed by atoms with Crippen LogP contribution >= 0.6 is 0 Å². The number of nitro groups is 1. The normalized spacial score (nSPS) is 19.5. The molecule has 3 rings (SSSR count). The highest BCUT2D eigenvalue weighted by molar-refractivity contribution is 5.92. The summed E-state index contributed by atoms with van der Waals surface area (Å²) in [5, 5.41) is 16.3. The van der Waals surface area contributed by atoms with Gasteiger partial charge in [0.15, 0.2) is 5.82 Å². The van der Waals surface area contributed by atoms with E-state index in [0.717, 1.165) is 42.7 Å². The Bertz CT molecular complexity index is 666. The lowest BCUT2D eigenvalue weighted by Crippen LogP contribution is -2.43. The maximum Gasteiger partial charge on any atom is 0.271 e. The van der Waals surface area contributed by atoms with Crippen LogP contribution < -0.4 is 10.6 Å². The van der Waals surface area contributed by atoms with E-state index < -0.39 is 0 Å². The molecule has 1 saturated heterocycles. The Labute approximate surface area is 116 Å². The molecule has 0 saturated carbocycles. The number of nitrogens with two attached hydrogens (primary N) is 1. The summed E-state index contributed by atoms with van der Waals surface area (Å²) in [5.74, 6) is 0.868. The van der Waals surface area contributed by atoms with Crippen LogP contribution in [0.25, 0.3) is 10.9 Å². The first-order chi connectivity index (χ1) is 9.56. The minimum atomic E-state index is -0.386. The molecule has 0 radical (unpaired) electrons. The average Bonchev–Trinajstić information content (AvgIpc) is 2.76. The van der Waals surface area contributed by atoms with Crippen LogP contribution in [0.1, 0.15) is 12.8 Å². The van der Waals surface area contributed by atoms with Crippen molar-refractivity contribution in [2.75, 3.05) is 18.0 Å². The molecular weight excluding hydrogens is 258 g/mol. The number of benzene rings is 1. The number of anilines is 1. The van der Waals surface area contributed by atoms with Gasteiger partial charge in [-0.25, -0.2) is 0 Å². The maximum atomic E-state index is 10.9. The second kappa shape index (κ2) is 4.75. The molecule has 1 aromatic heterocycles. The molecule has 0 aliphatic carbocycles. The van der Waals surface area contributed by atoms with E-state index in [9.17, 15) is 10.1 Å². The second-order valence-electron chi connectivity index (χ2n) is 5.25. The SMILES string of the molecule is Cn1nc(N2CCCC(N)C2)c2ccc([N+](=O)[O-])cc21. The molecule has 0 bridgehead atoms. The number of aryl methyl sites for hydroxylation is 1. The molecule has 1 aliphatic heterocycles. The number of non-ortho nitro benzene ring substituents is 1. The zero-order valence-corrected chi connectivity index (χ0v) is 11.3. The molecule has 2 aromatic rings. The van der Waals surface area contributed by atoms with Crippen molar-refractivity contribution in [3.63, 3.8) is 0 Å². The molecule has 20 heavy (non-hydrogen) atoms. The molecule has 1 unspecified atom stereocenters. The number of aromatic nitrogens is 2. The molecular formula is C13H17N5O2. The molecule has 1 atom stereocenters. The molecule has 2 heterocycles. The number of rotatable bonds is 2. The lowest BCUT2D eigenvalue weighted by atomic mass is 10.1. The molecule has 2 N–H and O–H groups in total. The van der Waals surface area contributed by atoms with Gasteiger partial charge >= 0.3 is 0 Å². The lowest BCUT2D eigenvalue weighted by Gasteiger charge is -2.31. The van der Waals surface area contributed by atoms with Crippen LogP contribution in [0.4, 0.5) is 11.5 Å². The molecule has 1 aliphatic rings. The van der Waals surface area contributed by atoms with Gasteiger partial charge in [-0.05, 0) is 18.9 Å². The first-order valence-corrected chi connectivity index (χ1v) is 6.68. The highest BCUT2D eigenvalue weighted by atomic mass is 16.6. The third-order valence-corrected chi connectivity index (χ3v) is 3.78. The van der Waals surface area contributed by atoms with Gasteiger partial charge in [-0.1, -0.05) is 0 Å². The molecule has 106 valence electrons. The van der Waals surface area contributed by atoms with Crippen molar-refractivity contribution in [1.82, 2.24) is 9.78 Å². The van der Waals surface area contributed by atoms with Crippen LogP contribution in [0.5, 0.6) is 0 Å². The number of hydrogen-bond donors (Lipinski definition) is 1.